The van der Waals surface area contributed by atoms with Crippen molar-refractivity contribution in [2.75, 3.05) is 0 Å². The van der Waals surface area contributed by atoms with Crippen LogP contribution in [0.25, 0.3) is 0 Å². The van der Waals surface area contributed by atoms with Gasteiger partial charge < -0.3 is 17.2 Å². The molecule has 3 aliphatic carbocycles. The molecular weight excluding hydrogens is 414 g/mol. The lowest BCUT2D eigenvalue weighted by atomic mass is 9.39. The molecule has 3 rings (SSSR count). The zero-order chi connectivity index (χ0) is 24.4. The van der Waals surface area contributed by atoms with Gasteiger partial charge in [-0.3, -0.25) is 14.4 Å². The van der Waals surface area contributed by atoms with Crippen LogP contribution < -0.4 is 17.2 Å². The predicted octanol–water partition coefficient (Wildman–Crippen LogP) is 4.28. The third-order valence-corrected chi connectivity index (χ3v) is 10.2. The molecule has 0 aliphatic heterocycles. The molecule has 0 aromatic carbocycles. The highest BCUT2D eigenvalue weighted by Gasteiger charge is 2.70. The summed E-state index contributed by atoms with van der Waals surface area (Å²) in [6.07, 6.45) is 11.6. The van der Waals surface area contributed by atoms with E-state index in [9.17, 15) is 14.4 Å². The number of amides is 3. The summed E-state index contributed by atoms with van der Waals surface area (Å²) < 4.78 is 0. The summed E-state index contributed by atoms with van der Waals surface area (Å²) in [4.78, 5) is 40.6. The van der Waals surface area contributed by atoms with Crippen molar-refractivity contribution in [3.63, 3.8) is 0 Å². The first-order chi connectivity index (χ1) is 15.6. The molecule has 0 bridgehead atoms. The second-order valence-electron chi connectivity index (χ2n) is 11.8. The average molecular weight is 462 g/mol. The number of carbonyl (C=O) groups is 3. The maximum absolute atomic E-state index is 14.1. The molecule has 33 heavy (non-hydrogen) atoms. The van der Waals surface area contributed by atoms with Gasteiger partial charge in [0.2, 0.25) is 17.7 Å². The van der Waals surface area contributed by atoms with Gasteiger partial charge >= 0.3 is 0 Å². The molecule has 3 fully saturated rings. The molecule has 6 nitrogen and oxygen atoms in total. The summed E-state index contributed by atoms with van der Waals surface area (Å²) in [5.74, 6) is -1.12. The molecule has 7 unspecified atom stereocenters. The first-order valence-electron chi connectivity index (χ1n) is 13.5. The van der Waals surface area contributed by atoms with Crippen LogP contribution in [0.3, 0.4) is 0 Å². The van der Waals surface area contributed by atoms with Crippen LogP contribution in [0, 0.1) is 46.3 Å². The first kappa shape index (κ1) is 26.0. The second kappa shape index (κ2) is 10.4. The summed E-state index contributed by atoms with van der Waals surface area (Å²) in [6.45, 7) is 6.56. The lowest BCUT2D eigenvalue weighted by molar-refractivity contribution is -0.192. The summed E-state index contributed by atoms with van der Waals surface area (Å²) in [5.41, 5.74) is 16.3. The fourth-order valence-corrected chi connectivity index (χ4v) is 8.89. The second-order valence-corrected chi connectivity index (χ2v) is 11.8. The van der Waals surface area contributed by atoms with Crippen molar-refractivity contribution < 1.29 is 14.4 Å². The fourth-order valence-electron chi connectivity index (χ4n) is 8.89. The zero-order valence-electron chi connectivity index (χ0n) is 21.1. The van der Waals surface area contributed by atoms with Crippen molar-refractivity contribution in [1.82, 2.24) is 0 Å². The third kappa shape index (κ3) is 4.32. The van der Waals surface area contributed by atoms with Crippen LogP contribution in [-0.4, -0.2) is 17.7 Å². The van der Waals surface area contributed by atoms with E-state index < -0.39 is 28.6 Å². The van der Waals surface area contributed by atoms with Gasteiger partial charge in [0.25, 0.3) is 0 Å². The van der Waals surface area contributed by atoms with Crippen LogP contribution in [0.5, 0.6) is 0 Å². The molecule has 6 heteroatoms. The van der Waals surface area contributed by atoms with Gasteiger partial charge in [-0.25, -0.2) is 0 Å². The van der Waals surface area contributed by atoms with Crippen molar-refractivity contribution in [3.05, 3.63) is 0 Å². The summed E-state index contributed by atoms with van der Waals surface area (Å²) in [7, 11) is 0. The van der Waals surface area contributed by atoms with E-state index in [1.807, 2.05) is 0 Å². The predicted molar refractivity (Wildman–Crippen MR) is 130 cm³/mol. The maximum atomic E-state index is 14.1. The van der Waals surface area contributed by atoms with Crippen LogP contribution in [0.15, 0.2) is 0 Å². The van der Waals surface area contributed by atoms with Gasteiger partial charge in [0.1, 0.15) is 0 Å². The van der Waals surface area contributed by atoms with Gasteiger partial charge in [-0.15, -0.1) is 0 Å². The van der Waals surface area contributed by atoms with Crippen molar-refractivity contribution >= 4 is 17.7 Å². The fraction of sp³-hybridized carbons (Fsp3) is 0.889. The Morgan fingerprint density at radius 3 is 1.27 bits per heavy atom. The molecule has 0 aromatic heterocycles. The lowest BCUT2D eigenvalue weighted by Crippen LogP contribution is -2.70. The minimum Gasteiger partial charge on any atom is -0.370 e. The largest absolute Gasteiger partial charge is 0.370 e. The maximum Gasteiger partial charge on any atom is 0.225 e. The number of hydrogen-bond acceptors (Lipinski definition) is 3. The lowest BCUT2D eigenvalue weighted by Gasteiger charge is -2.62. The molecular formula is C27H47N3O3. The van der Waals surface area contributed by atoms with E-state index in [-0.39, 0.29) is 41.9 Å². The highest BCUT2D eigenvalue weighted by molar-refractivity contribution is 5.96. The summed E-state index contributed by atoms with van der Waals surface area (Å²) in [6, 6.07) is 0. The first-order valence-corrected chi connectivity index (χ1v) is 13.5. The summed E-state index contributed by atoms with van der Waals surface area (Å²) in [5, 5.41) is 0. The van der Waals surface area contributed by atoms with E-state index in [0.29, 0.717) is 0 Å². The SMILES string of the molecule is CC1CCCCC1C(CC(N)=O)(C(N)=O)C(C(N)=O)(C1CCCCC1C)C1CCCCC1C. The number of nitrogens with two attached hydrogens (primary N) is 3. The topological polar surface area (TPSA) is 129 Å². The monoisotopic (exact) mass is 461 g/mol. The quantitative estimate of drug-likeness (QED) is 0.498. The minimum absolute atomic E-state index is 0.0599. The van der Waals surface area contributed by atoms with Crippen molar-refractivity contribution in [2.24, 2.45) is 63.5 Å². The number of hydrogen-bond donors (Lipinski definition) is 3. The van der Waals surface area contributed by atoms with E-state index in [4.69, 9.17) is 17.2 Å². The Balaban J connectivity index is 2.38. The van der Waals surface area contributed by atoms with Crippen molar-refractivity contribution in [1.29, 1.82) is 0 Å². The Morgan fingerprint density at radius 1 is 0.606 bits per heavy atom. The Bertz CT molecular complexity index is 716. The molecule has 0 heterocycles. The number of rotatable bonds is 8. The molecule has 3 amide bonds. The zero-order valence-corrected chi connectivity index (χ0v) is 21.1. The van der Waals surface area contributed by atoms with Crippen LogP contribution in [-0.2, 0) is 14.4 Å². The molecule has 7 atom stereocenters. The van der Waals surface area contributed by atoms with E-state index in [1.165, 1.54) is 0 Å². The molecule has 0 spiro atoms. The number of primary amides is 3. The third-order valence-electron chi connectivity index (χ3n) is 10.2. The standard InChI is InChI=1S/C27H47N3O3/c1-17-10-4-7-13-20(17)26(24(29)32,16-23(28)31)27(25(30)33,21-14-8-5-11-18(21)2)22-15-9-6-12-19(22)3/h17-22H,4-16H2,1-3H3,(H2,28,31)(H2,29,32)(H2,30,33). The van der Waals surface area contributed by atoms with Gasteiger partial charge in [-0.05, 0) is 54.8 Å². The molecule has 3 aliphatic rings. The molecule has 3 saturated carbocycles. The minimum atomic E-state index is -1.34. The van der Waals surface area contributed by atoms with E-state index in [2.05, 4.69) is 20.8 Å². The molecule has 0 saturated heterocycles. The van der Waals surface area contributed by atoms with Crippen LogP contribution >= 0.6 is 0 Å². The Morgan fingerprint density at radius 2 is 0.970 bits per heavy atom. The van der Waals surface area contributed by atoms with Crippen LogP contribution in [0.1, 0.15) is 104 Å². The average Bonchev–Trinajstić information content (AvgIpc) is 2.75. The molecule has 0 aromatic rings. The smallest absolute Gasteiger partial charge is 0.225 e. The Labute approximate surface area is 200 Å². The Kier molecular flexibility index (Phi) is 8.16. The van der Waals surface area contributed by atoms with Crippen molar-refractivity contribution in [3.8, 4) is 0 Å². The molecule has 0 radical (unpaired) electrons. The van der Waals surface area contributed by atoms with E-state index >= 15 is 0 Å². The van der Waals surface area contributed by atoms with Gasteiger partial charge in [-0.2, -0.15) is 0 Å². The van der Waals surface area contributed by atoms with Gasteiger partial charge in [-0.1, -0.05) is 78.6 Å². The van der Waals surface area contributed by atoms with E-state index in [0.717, 1.165) is 77.0 Å². The van der Waals surface area contributed by atoms with Gasteiger partial charge in [0, 0.05) is 6.42 Å². The van der Waals surface area contributed by atoms with Crippen LogP contribution in [0.4, 0.5) is 0 Å². The van der Waals surface area contributed by atoms with Crippen molar-refractivity contribution in [2.45, 2.75) is 104 Å². The normalized spacial score (nSPS) is 36.8. The van der Waals surface area contributed by atoms with Crippen LogP contribution in [0.2, 0.25) is 0 Å². The highest BCUT2D eigenvalue weighted by Crippen LogP contribution is 2.66. The Hall–Kier alpha value is -1.59. The molecule has 188 valence electrons. The summed E-state index contributed by atoms with van der Waals surface area (Å²) >= 11 is 0. The van der Waals surface area contributed by atoms with Gasteiger partial charge in [0.15, 0.2) is 0 Å². The number of carbonyl (C=O) groups excluding carboxylic acids is 3. The van der Waals surface area contributed by atoms with E-state index in [1.54, 1.807) is 0 Å². The van der Waals surface area contributed by atoms with Gasteiger partial charge in [0.05, 0.1) is 10.8 Å². The molecule has 6 N–H and O–H groups in total. The highest BCUT2D eigenvalue weighted by atomic mass is 16.2.